The predicted octanol–water partition coefficient (Wildman–Crippen LogP) is 3.97. The summed E-state index contributed by atoms with van der Waals surface area (Å²) < 4.78 is 7.80. The van der Waals surface area contributed by atoms with Crippen molar-refractivity contribution in [3.63, 3.8) is 0 Å². The number of carbonyl (C=O) groups excluding carboxylic acids is 1. The molecular weight excluding hydrogens is 598 g/mol. The number of aliphatic carboxylic acids is 1. The van der Waals surface area contributed by atoms with Crippen molar-refractivity contribution in [1.82, 2.24) is 15.0 Å². The Bertz CT molecular complexity index is 1500. The van der Waals surface area contributed by atoms with Gasteiger partial charge in [-0.3, -0.25) is 4.79 Å². The molecule has 7 N–H and O–H groups in total. The van der Waals surface area contributed by atoms with Gasteiger partial charge in [0.15, 0.2) is 0 Å². The van der Waals surface area contributed by atoms with Crippen LogP contribution < -0.4 is 11.5 Å². The molecule has 0 saturated heterocycles. The zero-order chi connectivity index (χ0) is 34.3. The molecule has 47 heavy (non-hydrogen) atoms. The van der Waals surface area contributed by atoms with Gasteiger partial charge in [0.1, 0.15) is 6.10 Å². The molecule has 6 rings (SSSR count). The van der Waals surface area contributed by atoms with E-state index < -0.39 is 52.2 Å². The minimum atomic E-state index is -0.971. The summed E-state index contributed by atoms with van der Waals surface area (Å²) in [6.07, 6.45) is 6.12. The van der Waals surface area contributed by atoms with Crippen LogP contribution in [0.3, 0.4) is 0 Å². The van der Waals surface area contributed by atoms with Gasteiger partial charge in [0.2, 0.25) is 0 Å². The number of nitrogens with zero attached hydrogens (tertiary/aromatic N) is 3. The first kappa shape index (κ1) is 34.3. The maximum absolute atomic E-state index is 13.3. The number of hydrogen-bond acceptors (Lipinski definition) is 9. The van der Waals surface area contributed by atoms with Crippen LogP contribution >= 0.6 is 0 Å². The van der Waals surface area contributed by atoms with Crippen molar-refractivity contribution in [3.8, 4) is 0 Å². The molecule has 0 aliphatic heterocycles. The molecule has 0 amide bonds. The molecule has 260 valence electrons. The van der Waals surface area contributed by atoms with Crippen molar-refractivity contribution in [1.29, 1.82) is 0 Å². The average Bonchev–Trinajstić information content (AvgIpc) is 3.59. The average molecular weight is 654 g/mol. The van der Waals surface area contributed by atoms with Crippen LogP contribution in [0, 0.1) is 34.5 Å². The van der Waals surface area contributed by atoms with Gasteiger partial charge in [0.25, 0.3) is 0 Å². The van der Waals surface area contributed by atoms with Crippen LogP contribution in [0.1, 0.15) is 111 Å². The third-order valence-corrected chi connectivity index (χ3v) is 14.0. The third kappa shape index (κ3) is 4.97. The first-order chi connectivity index (χ1) is 22.0. The molecule has 0 spiro atoms. The van der Waals surface area contributed by atoms with Gasteiger partial charge >= 0.3 is 11.9 Å². The second-order valence-electron chi connectivity index (χ2n) is 16.4. The molecule has 5 aliphatic carbocycles. The fourth-order valence-corrected chi connectivity index (χ4v) is 11.7. The summed E-state index contributed by atoms with van der Waals surface area (Å²) in [4.78, 5) is 25.8. The molecule has 11 nitrogen and oxygen atoms in total. The van der Waals surface area contributed by atoms with Crippen molar-refractivity contribution in [2.75, 3.05) is 0 Å². The maximum atomic E-state index is 13.3. The molecule has 5 fully saturated rings. The zero-order valence-corrected chi connectivity index (χ0v) is 29.0. The van der Waals surface area contributed by atoms with Crippen molar-refractivity contribution in [3.05, 3.63) is 34.2 Å². The smallest absolute Gasteiger partial charge is 0.331 e. The van der Waals surface area contributed by atoms with Crippen LogP contribution in [0.5, 0.6) is 0 Å². The van der Waals surface area contributed by atoms with Crippen molar-refractivity contribution >= 4 is 11.9 Å². The summed E-state index contributed by atoms with van der Waals surface area (Å²) in [6.45, 7) is 12.2. The highest BCUT2D eigenvalue weighted by molar-refractivity contribution is 5.89. The lowest BCUT2D eigenvalue weighted by Gasteiger charge is -2.69. The lowest BCUT2D eigenvalue weighted by molar-refractivity contribution is -0.221. The van der Waals surface area contributed by atoms with E-state index >= 15 is 0 Å². The zero-order valence-electron chi connectivity index (χ0n) is 29.0. The number of fused-ring (bicyclic) bond motifs is 5. The molecule has 1 aromatic rings. The van der Waals surface area contributed by atoms with Crippen LogP contribution in [0.25, 0.3) is 0 Å². The summed E-state index contributed by atoms with van der Waals surface area (Å²) in [5.74, 6) is -2.37. The summed E-state index contributed by atoms with van der Waals surface area (Å²) in [5, 5.41) is 43.4. The van der Waals surface area contributed by atoms with Crippen molar-refractivity contribution < 1.29 is 29.6 Å². The van der Waals surface area contributed by atoms with Gasteiger partial charge in [-0.15, -0.1) is 5.10 Å². The van der Waals surface area contributed by atoms with E-state index in [2.05, 4.69) is 38.0 Å². The number of allylic oxidation sites excluding steroid dienone is 2. The van der Waals surface area contributed by atoms with Gasteiger partial charge in [-0.05, 0) is 119 Å². The van der Waals surface area contributed by atoms with E-state index in [1.54, 1.807) is 4.68 Å². The second-order valence-corrected chi connectivity index (χ2v) is 16.4. The Morgan fingerprint density at radius 2 is 1.83 bits per heavy atom. The Balaban J connectivity index is 1.46. The third-order valence-electron chi connectivity index (χ3n) is 14.0. The van der Waals surface area contributed by atoms with Crippen LogP contribution in [0.4, 0.5) is 0 Å². The van der Waals surface area contributed by atoms with Crippen molar-refractivity contribution in [2.24, 2.45) is 46.0 Å². The van der Waals surface area contributed by atoms with E-state index in [4.69, 9.17) is 16.2 Å². The Morgan fingerprint density at radius 1 is 1.11 bits per heavy atom. The molecule has 5 aliphatic rings. The minimum Gasteiger partial charge on any atom is -0.478 e. The number of carboxylic acids is 1. The van der Waals surface area contributed by atoms with E-state index in [1.807, 2.05) is 13.1 Å². The molecule has 0 aromatic carbocycles. The monoisotopic (exact) mass is 653 g/mol. The highest BCUT2D eigenvalue weighted by Gasteiger charge is 2.73. The summed E-state index contributed by atoms with van der Waals surface area (Å²) in [7, 11) is 0. The Kier molecular flexibility index (Phi) is 8.59. The number of hydrogen-bond donors (Lipinski definition) is 5. The first-order valence-corrected chi connectivity index (χ1v) is 17.6. The number of aliphatic hydroxyl groups is 2. The summed E-state index contributed by atoms with van der Waals surface area (Å²) in [5.41, 5.74) is 15.0. The highest BCUT2D eigenvalue weighted by Crippen LogP contribution is 2.71. The molecule has 1 aromatic heterocycles. The quantitative estimate of drug-likeness (QED) is 0.177. The molecule has 1 unspecified atom stereocenters. The van der Waals surface area contributed by atoms with Crippen LogP contribution in [0.15, 0.2) is 28.5 Å². The van der Waals surface area contributed by atoms with Gasteiger partial charge in [0.05, 0.1) is 29.6 Å². The molecular formula is C36H55N5O6. The number of ether oxygens (including phenoxy) is 1. The lowest BCUT2D eigenvalue weighted by Crippen LogP contribution is -2.76. The number of nitrogens with two attached hydrogens (primary N) is 2. The minimum absolute atomic E-state index is 0.0671. The molecule has 0 bridgehead atoms. The fourth-order valence-electron chi connectivity index (χ4n) is 11.7. The van der Waals surface area contributed by atoms with E-state index in [9.17, 15) is 24.9 Å². The van der Waals surface area contributed by atoms with Crippen LogP contribution in [-0.2, 0) is 26.4 Å². The molecule has 1 heterocycles. The number of carbonyl (C=O) groups is 2. The Labute approximate surface area is 278 Å². The number of esters is 1. The van der Waals surface area contributed by atoms with E-state index in [-0.39, 0.29) is 30.2 Å². The van der Waals surface area contributed by atoms with Gasteiger partial charge in [-0.1, -0.05) is 30.2 Å². The van der Waals surface area contributed by atoms with Gasteiger partial charge in [0, 0.05) is 30.5 Å². The molecule has 11 atom stereocenters. The highest BCUT2D eigenvalue weighted by atomic mass is 16.5. The molecule has 0 radical (unpaired) electrons. The topological polar surface area (TPSA) is 187 Å². The number of rotatable bonds is 5. The van der Waals surface area contributed by atoms with Crippen LogP contribution in [0.2, 0.25) is 0 Å². The maximum Gasteiger partial charge on any atom is 0.331 e. The number of aromatic nitrogens is 3. The van der Waals surface area contributed by atoms with Crippen LogP contribution in [-0.4, -0.2) is 66.1 Å². The first-order valence-electron chi connectivity index (χ1n) is 17.6. The normalized spacial score (nSPS) is 44.2. The summed E-state index contributed by atoms with van der Waals surface area (Å²) >= 11 is 0. The number of aliphatic hydroxyl groups excluding tert-OH is 2. The van der Waals surface area contributed by atoms with E-state index in [0.29, 0.717) is 61.8 Å². The standard InChI is InChI=1S/C36H55N5O6/c1-19(2)21-8-7-9-22(14-21)29(32(45)46)30-24-15-25(43)31-33(4)12-11-28(44)35(6,41-18-23(17-37)39-40-41)27(33)10-13-36(31,38)34(24,5)16-26(30)47-20(3)42/h18,22,24-28,31,43-44H,7-17,37-38H2,1-6H3,(H,45,46)/b30-29-/t22?,24-,25+,26-,27+,28+,31-,33-,34-,35+,36+/m0/s1. The number of carboxylic acid groups (broad SMARTS) is 1. The second kappa shape index (κ2) is 11.8. The molecule has 5 saturated carbocycles. The van der Waals surface area contributed by atoms with E-state index in [1.165, 1.54) is 18.1 Å². The summed E-state index contributed by atoms with van der Waals surface area (Å²) in [6, 6.07) is 0. The van der Waals surface area contributed by atoms with E-state index in [0.717, 1.165) is 19.3 Å². The largest absolute Gasteiger partial charge is 0.478 e. The van der Waals surface area contributed by atoms with Crippen molar-refractivity contribution in [2.45, 2.75) is 142 Å². The molecule has 11 heteroatoms. The van der Waals surface area contributed by atoms with Gasteiger partial charge in [-0.25, -0.2) is 9.48 Å². The van der Waals surface area contributed by atoms with Gasteiger partial charge < -0.3 is 31.5 Å². The lowest BCUT2D eigenvalue weighted by atomic mass is 9.38. The Morgan fingerprint density at radius 3 is 2.45 bits per heavy atom. The van der Waals surface area contributed by atoms with Gasteiger partial charge in [-0.2, -0.15) is 0 Å². The Hall–Kier alpha value is -2.60. The SMILES string of the molecule is CC(=O)O[C@H]1C[C@@]2(C)[C@@H](C[C@@H](O)[C@H]3[C@@]4(C)CC[C@@H](O)[C@](C)(n5cc(CN)nn5)[C@@H]4CC[C@@]32N)/C1=C(/C(=O)O)C1CCCC(=C(C)C)C1. The fraction of sp³-hybridized carbons (Fsp3) is 0.778. The predicted molar refractivity (Wildman–Crippen MR) is 175 cm³/mol.